The minimum atomic E-state index is -3.25. The lowest BCUT2D eigenvalue weighted by molar-refractivity contribution is 0.102. The summed E-state index contributed by atoms with van der Waals surface area (Å²) in [7, 11) is -3.25. The first kappa shape index (κ1) is 22.1. The molecule has 1 aliphatic rings. The van der Waals surface area contributed by atoms with Crippen molar-refractivity contribution in [1.82, 2.24) is 14.8 Å². The predicted octanol–water partition coefficient (Wildman–Crippen LogP) is 4.47. The van der Waals surface area contributed by atoms with Crippen LogP contribution in [0.15, 0.2) is 66.9 Å². The average Bonchev–Trinajstić information content (AvgIpc) is 3.42. The van der Waals surface area contributed by atoms with Crippen LogP contribution >= 0.6 is 0 Å². The van der Waals surface area contributed by atoms with Gasteiger partial charge in [0.1, 0.15) is 0 Å². The summed E-state index contributed by atoms with van der Waals surface area (Å²) in [5.41, 5.74) is 3.90. The van der Waals surface area contributed by atoms with Crippen molar-refractivity contribution in [3.05, 3.63) is 72.4 Å². The minimum Gasteiger partial charge on any atom is -0.322 e. The molecule has 1 aliphatic heterocycles. The van der Waals surface area contributed by atoms with Crippen molar-refractivity contribution >= 4 is 38.3 Å². The van der Waals surface area contributed by atoms with Crippen LogP contribution in [0.3, 0.4) is 0 Å². The van der Waals surface area contributed by atoms with Crippen molar-refractivity contribution in [2.45, 2.75) is 26.3 Å². The zero-order chi connectivity index (χ0) is 23.9. The highest BCUT2D eigenvalue weighted by Gasteiger charge is 2.28. The minimum absolute atomic E-state index is 0.0846. The van der Waals surface area contributed by atoms with Gasteiger partial charge in [-0.25, -0.2) is 18.1 Å². The number of benzene rings is 2. The third-order valence-corrected chi connectivity index (χ3v) is 7.75. The highest BCUT2D eigenvalue weighted by Crippen LogP contribution is 2.28. The number of pyridine rings is 1. The molecule has 2 aromatic heterocycles. The van der Waals surface area contributed by atoms with Crippen LogP contribution < -0.4 is 9.62 Å². The zero-order valence-corrected chi connectivity index (χ0v) is 19.8. The largest absolute Gasteiger partial charge is 0.322 e. The molecule has 174 valence electrons. The smallest absolute Gasteiger partial charge is 0.256 e. The number of fused-ring (bicyclic) bond motifs is 1. The van der Waals surface area contributed by atoms with Crippen molar-refractivity contribution in [2.75, 3.05) is 21.9 Å². The van der Waals surface area contributed by atoms with Gasteiger partial charge in [0.2, 0.25) is 10.0 Å². The SMILES string of the molecule is CC(C)n1ncc2c(C(=O)Nc3ccc(N4CCCS4(=O)=O)cc3)cc(-c3ccccc3)nc21. The normalized spacial score (nSPS) is 15.2. The van der Waals surface area contributed by atoms with Gasteiger partial charge in [0.05, 0.1) is 34.3 Å². The molecule has 0 unspecified atom stereocenters. The summed E-state index contributed by atoms with van der Waals surface area (Å²) in [4.78, 5) is 18.2. The van der Waals surface area contributed by atoms with Crippen LogP contribution in [-0.2, 0) is 10.0 Å². The van der Waals surface area contributed by atoms with Crippen molar-refractivity contribution in [3.63, 3.8) is 0 Å². The first-order valence-corrected chi connectivity index (χ1v) is 12.8. The number of hydrogen-bond donors (Lipinski definition) is 1. The Morgan fingerprint density at radius 3 is 2.44 bits per heavy atom. The number of sulfonamides is 1. The van der Waals surface area contributed by atoms with Crippen molar-refractivity contribution in [2.24, 2.45) is 0 Å². The Kier molecular flexibility index (Phi) is 5.57. The lowest BCUT2D eigenvalue weighted by Gasteiger charge is -2.17. The van der Waals surface area contributed by atoms with Gasteiger partial charge in [-0.1, -0.05) is 30.3 Å². The zero-order valence-electron chi connectivity index (χ0n) is 19.0. The molecule has 1 fully saturated rings. The summed E-state index contributed by atoms with van der Waals surface area (Å²) in [6, 6.07) is 18.4. The second-order valence-corrected chi connectivity index (χ2v) is 10.6. The van der Waals surface area contributed by atoms with Gasteiger partial charge in [0.25, 0.3) is 5.91 Å². The molecule has 0 atom stereocenters. The Labute approximate surface area is 198 Å². The van der Waals surface area contributed by atoms with Crippen molar-refractivity contribution < 1.29 is 13.2 Å². The van der Waals surface area contributed by atoms with Gasteiger partial charge in [0.15, 0.2) is 5.65 Å². The Hall–Kier alpha value is -3.72. The highest BCUT2D eigenvalue weighted by molar-refractivity contribution is 7.93. The van der Waals surface area contributed by atoms with Gasteiger partial charge in [-0.05, 0) is 50.6 Å². The fourth-order valence-corrected chi connectivity index (χ4v) is 5.74. The van der Waals surface area contributed by atoms with E-state index in [0.29, 0.717) is 46.6 Å². The molecule has 34 heavy (non-hydrogen) atoms. The molecular formula is C25H25N5O3S. The fraction of sp³-hybridized carbons (Fsp3) is 0.240. The quantitative estimate of drug-likeness (QED) is 0.459. The molecule has 9 heteroatoms. The highest BCUT2D eigenvalue weighted by atomic mass is 32.2. The maximum absolute atomic E-state index is 13.4. The van der Waals surface area contributed by atoms with Gasteiger partial charge >= 0.3 is 0 Å². The van der Waals surface area contributed by atoms with Gasteiger partial charge < -0.3 is 5.32 Å². The number of carbonyl (C=O) groups excluding carboxylic acids is 1. The van der Waals surface area contributed by atoms with Crippen LogP contribution in [0.5, 0.6) is 0 Å². The van der Waals surface area contributed by atoms with E-state index in [1.165, 1.54) is 4.31 Å². The van der Waals surface area contributed by atoms with Gasteiger partial charge in [-0.15, -0.1) is 0 Å². The molecule has 2 aromatic carbocycles. The molecule has 0 spiro atoms. The van der Waals surface area contributed by atoms with Crippen LogP contribution in [0.4, 0.5) is 11.4 Å². The number of aromatic nitrogens is 3. The standard InChI is InChI=1S/C25H25N5O3S/c1-17(2)30-24-22(16-26-30)21(15-23(28-24)18-7-4-3-5-8-18)25(31)27-19-9-11-20(12-10-19)29-13-6-14-34(29,32)33/h3-5,7-12,15-17H,6,13-14H2,1-2H3,(H,27,31). The number of nitrogens with one attached hydrogen (secondary N) is 1. The molecule has 1 saturated heterocycles. The molecule has 0 radical (unpaired) electrons. The van der Waals surface area contributed by atoms with Crippen molar-refractivity contribution in [3.8, 4) is 11.3 Å². The first-order valence-electron chi connectivity index (χ1n) is 11.2. The lowest BCUT2D eigenvalue weighted by Crippen LogP contribution is -2.25. The summed E-state index contributed by atoms with van der Waals surface area (Å²) in [6.45, 7) is 4.52. The number of carbonyl (C=O) groups is 1. The maximum atomic E-state index is 13.4. The molecule has 1 N–H and O–H groups in total. The number of anilines is 2. The first-order chi connectivity index (χ1) is 16.3. The van der Waals surface area contributed by atoms with Crippen LogP contribution in [0, 0.1) is 0 Å². The van der Waals surface area contributed by atoms with Gasteiger partial charge in [0, 0.05) is 23.8 Å². The molecule has 0 bridgehead atoms. The summed E-state index contributed by atoms with van der Waals surface area (Å²) in [6.07, 6.45) is 2.29. The third kappa shape index (κ3) is 4.03. The molecule has 0 aliphatic carbocycles. The second kappa shape index (κ2) is 8.57. The summed E-state index contributed by atoms with van der Waals surface area (Å²) in [5, 5.41) is 8.07. The number of nitrogens with zero attached hydrogens (tertiary/aromatic N) is 4. The van der Waals surface area contributed by atoms with Crippen LogP contribution in [-0.4, -0.2) is 41.4 Å². The van der Waals surface area contributed by atoms with E-state index >= 15 is 0 Å². The van der Waals surface area contributed by atoms with E-state index in [-0.39, 0.29) is 17.7 Å². The molecular weight excluding hydrogens is 450 g/mol. The summed E-state index contributed by atoms with van der Waals surface area (Å²) < 4.78 is 27.6. The van der Waals surface area contributed by atoms with Crippen LogP contribution in [0.2, 0.25) is 0 Å². The molecule has 0 saturated carbocycles. The fourth-order valence-electron chi connectivity index (χ4n) is 4.18. The molecule has 1 amide bonds. The van der Waals surface area contributed by atoms with E-state index in [1.807, 2.05) is 48.9 Å². The monoisotopic (exact) mass is 475 g/mol. The van der Waals surface area contributed by atoms with E-state index in [4.69, 9.17) is 4.98 Å². The number of amides is 1. The van der Waals surface area contributed by atoms with Crippen molar-refractivity contribution in [1.29, 1.82) is 0 Å². The van der Waals surface area contributed by atoms with E-state index in [9.17, 15) is 13.2 Å². The van der Waals surface area contributed by atoms with Crippen LogP contribution in [0.25, 0.3) is 22.3 Å². The Balaban J connectivity index is 1.49. The van der Waals surface area contributed by atoms with Gasteiger partial charge in [-0.2, -0.15) is 5.10 Å². The summed E-state index contributed by atoms with van der Waals surface area (Å²) >= 11 is 0. The van der Waals surface area contributed by atoms with Crippen LogP contribution in [0.1, 0.15) is 36.7 Å². The topological polar surface area (TPSA) is 97.2 Å². The second-order valence-electron chi connectivity index (χ2n) is 8.58. The molecule has 8 nitrogen and oxygen atoms in total. The Morgan fingerprint density at radius 1 is 1.06 bits per heavy atom. The predicted molar refractivity (Wildman–Crippen MR) is 133 cm³/mol. The Morgan fingerprint density at radius 2 is 1.79 bits per heavy atom. The molecule has 4 aromatic rings. The van der Waals surface area contributed by atoms with E-state index in [2.05, 4.69) is 10.4 Å². The maximum Gasteiger partial charge on any atom is 0.256 e. The Bertz CT molecular complexity index is 1460. The van der Waals surface area contributed by atoms with Gasteiger partial charge in [-0.3, -0.25) is 9.10 Å². The summed E-state index contributed by atoms with van der Waals surface area (Å²) in [5.74, 6) is -0.119. The third-order valence-electron chi connectivity index (χ3n) is 5.88. The molecule has 5 rings (SSSR count). The number of hydrogen-bond acceptors (Lipinski definition) is 5. The van der Waals surface area contributed by atoms with E-state index in [0.717, 1.165) is 5.56 Å². The van der Waals surface area contributed by atoms with E-state index in [1.54, 1.807) is 36.5 Å². The lowest BCUT2D eigenvalue weighted by atomic mass is 10.1. The number of rotatable bonds is 5. The molecule has 3 heterocycles. The van der Waals surface area contributed by atoms with E-state index < -0.39 is 10.0 Å². The average molecular weight is 476 g/mol.